The predicted molar refractivity (Wildman–Crippen MR) is 77.2 cm³/mol. The Hall–Kier alpha value is -0.650. The van der Waals surface area contributed by atoms with Gasteiger partial charge >= 0.3 is 0 Å². The summed E-state index contributed by atoms with van der Waals surface area (Å²) in [5, 5.41) is 0. The minimum absolute atomic E-state index is 0.262. The first-order valence-corrected chi connectivity index (χ1v) is 6.77. The van der Waals surface area contributed by atoms with Crippen molar-refractivity contribution in [3.8, 4) is 0 Å². The van der Waals surface area contributed by atoms with E-state index in [1.54, 1.807) is 14.2 Å². The Bertz CT molecular complexity index is 374. The average molecular weight is 317 g/mol. The first kappa shape index (κ1) is 15.4. The van der Waals surface area contributed by atoms with Crippen LogP contribution in [0.3, 0.4) is 0 Å². The van der Waals surface area contributed by atoms with Crippen LogP contribution in [0, 0.1) is 6.92 Å². The number of halogens is 1. The van der Waals surface area contributed by atoms with Gasteiger partial charge in [-0.05, 0) is 41.9 Å². The maximum atomic E-state index is 5.22. The molecule has 102 valence electrons. The topological polar surface area (TPSA) is 34.6 Å². The maximum absolute atomic E-state index is 5.22. The third kappa shape index (κ3) is 4.23. The second-order valence-corrected chi connectivity index (χ2v) is 5.08. The highest BCUT2D eigenvalue weighted by Gasteiger charge is 2.16. The van der Waals surface area contributed by atoms with Gasteiger partial charge in [0.1, 0.15) is 5.82 Å². The fourth-order valence-electron chi connectivity index (χ4n) is 1.77. The summed E-state index contributed by atoms with van der Waals surface area (Å²) in [6, 6.07) is 4.30. The quantitative estimate of drug-likeness (QED) is 0.774. The van der Waals surface area contributed by atoms with Crippen molar-refractivity contribution in [2.24, 2.45) is 0 Å². The van der Waals surface area contributed by atoms with Crippen molar-refractivity contribution < 1.29 is 9.47 Å². The van der Waals surface area contributed by atoms with Gasteiger partial charge in [-0.25, -0.2) is 4.98 Å². The van der Waals surface area contributed by atoms with E-state index in [1.165, 1.54) is 0 Å². The van der Waals surface area contributed by atoms with E-state index in [1.807, 2.05) is 19.1 Å². The van der Waals surface area contributed by atoms with Crippen LogP contribution in [0.25, 0.3) is 0 Å². The molecule has 4 nitrogen and oxygen atoms in total. The number of hydrogen-bond acceptors (Lipinski definition) is 4. The van der Waals surface area contributed by atoms with E-state index in [0.29, 0.717) is 13.2 Å². The van der Waals surface area contributed by atoms with Gasteiger partial charge in [0.2, 0.25) is 0 Å². The number of aromatic nitrogens is 1. The van der Waals surface area contributed by atoms with Gasteiger partial charge in [0.05, 0.1) is 24.9 Å². The number of rotatable bonds is 7. The number of nitrogens with zero attached hydrogens (tertiary/aromatic N) is 2. The molecule has 18 heavy (non-hydrogen) atoms. The van der Waals surface area contributed by atoms with Crippen molar-refractivity contribution in [2.45, 2.75) is 19.9 Å². The summed E-state index contributed by atoms with van der Waals surface area (Å²) in [6.45, 7) is 6.25. The molecule has 1 aromatic heterocycles. The lowest BCUT2D eigenvalue weighted by molar-refractivity contribution is 0.170. The molecule has 1 heterocycles. The Labute approximate surface area is 117 Å². The van der Waals surface area contributed by atoms with Crippen molar-refractivity contribution in [2.75, 3.05) is 38.9 Å². The molecule has 0 amide bonds. The van der Waals surface area contributed by atoms with Crippen molar-refractivity contribution >= 4 is 21.7 Å². The number of methoxy groups -OCH3 is 2. The Balaban J connectivity index is 2.89. The van der Waals surface area contributed by atoms with E-state index in [2.05, 4.69) is 32.7 Å². The Morgan fingerprint density at radius 3 is 2.61 bits per heavy atom. The van der Waals surface area contributed by atoms with Gasteiger partial charge in [0.15, 0.2) is 0 Å². The van der Waals surface area contributed by atoms with Crippen LogP contribution < -0.4 is 4.90 Å². The van der Waals surface area contributed by atoms with Crippen LogP contribution in [0.15, 0.2) is 16.6 Å². The van der Waals surface area contributed by atoms with E-state index >= 15 is 0 Å². The van der Waals surface area contributed by atoms with Crippen LogP contribution in [0.4, 0.5) is 5.82 Å². The number of ether oxygens (including phenoxy) is 2. The molecule has 1 unspecified atom stereocenters. The molecular weight excluding hydrogens is 296 g/mol. The molecule has 0 aliphatic rings. The Kier molecular flexibility index (Phi) is 6.60. The molecule has 1 atom stereocenters. The minimum Gasteiger partial charge on any atom is -0.383 e. The van der Waals surface area contributed by atoms with E-state index in [9.17, 15) is 0 Å². The molecule has 0 aliphatic heterocycles. The van der Waals surface area contributed by atoms with Gasteiger partial charge in [0, 0.05) is 25.2 Å². The summed E-state index contributed by atoms with van der Waals surface area (Å²) in [7, 11) is 3.42. The van der Waals surface area contributed by atoms with E-state index in [-0.39, 0.29) is 6.04 Å². The molecule has 0 aliphatic carbocycles. The maximum Gasteiger partial charge on any atom is 0.129 e. The van der Waals surface area contributed by atoms with Crippen LogP contribution in [-0.2, 0) is 9.47 Å². The standard InChI is InChI=1S/C13H21BrN2O2/c1-10(9-18-4)16(7-8-17-3)13-6-5-12(14)11(2)15-13/h5-6,10H,7-9H2,1-4H3. The van der Waals surface area contributed by atoms with Gasteiger partial charge in [-0.1, -0.05) is 0 Å². The average Bonchev–Trinajstić information content (AvgIpc) is 2.34. The molecule has 0 spiro atoms. The Morgan fingerprint density at radius 2 is 2.06 bits per heavy atom. The van der Waals surface area contributed by atoms with Gasteiger partial charge in [-0.2, -0.15) is 0 Å². The largest absolute Gasteiger partial charge is 0.383 e. The first-order valence-electron chi connectivity index (χ1n) is 5.97. The zero-order chi connectivity index (χ0) is 13.5. The minimum atomic E-state index is 0.262. The fraction of sp³-hybridized carbons (Fsp3) is 0.615. The fourth-order valence-corrected chi connectivity index (χ4v) is 1.99. The van der Waals surface area contributed by atoms with E-state index in [0.717, 1.165) is 22.5 Å². The van der Waals surface area contributed by atoms with E-state index in [4.69, 9.17) is 9.47 Å². The van der Waals surface area contributed by atoms with Crippen LogP contribution in [-0.4, -0.2) is 45.0 Å². The van der Waals surface area contributed by atoms with Gasteiger partial charge < -0.3 is 14.4 Å². The van der Waals surface area contributed by atoms with E-state index < -0.39 is 0 Å². The second-order valence-electron chi connectivity index (χ2n) is 4.23. The summed E-state index contributed by atoms with van der Waals surface area (Å²) >= 11 is 3.47. The molecule has 0 radical (unpaired) electrons. The molecule has 0 saturated carbocycles. The molecule has 1 rings (SSSR count). The molecule has 5 heteroatoms. The summed E-state index contributed by atoms with van der Waals surface area (Å²) < 4.78 is 11.4. The summed E-state index contributed by atoms with van der Waals surface area (Å²) in [4.78, 5) is 6.80. The first-order chi connectivity index (χ1) is 8.60. The number of anilines is 1. The second kappa shape index (κ2) is 7.71. The molecule has 0 saturated heterocycles. The van der Waals surface area contributed by atoms with Crippen molar-refractivity contribution in [1.29, 1.82) is 0 Å². The molecule has 0 aromatic carbocycles. The third-order valence-corrected chi connectivity index (χ3v) is 3.62. The van der Waals surface area contributed by atoms with Gasteiger partial charge in [-0.15, -0.1) is 0 Å². The predicted octanol–water partition coefficient (Wildman–Crippen LogP) is 2.64. The Morgan fingerprint density at radius 1 is 1.33 bits per heavy atom. The molecule has 1 aromatic rings. The summed E-state index contributed by atoms with van der Waals surface area (Å²) in [6.07, 6.45) is 0. The summed E-state index contributed by atoms with van der Waals surface area (Å²) in [5.41, 5.74) is 0.986. The normalized spacial score (nSPS) is 12.5. The monoisotopic (exact) mass is 316 g/mol. The lowest BCUT2D eigenvalue weighted by Crippen LogP contribution is -2.39. The molecule has 0 N–H and O–H groups in total. The highest BCUT2D eigenvalue weighted by molar-refractivity contribution is 9.10. The highest BCUT2D eigenvalue weighted by Crippen LogP contribution is 2.20. The lowest BCUT2D eigenvalue weighted by Gasteiger charge is -2.30. The molecule has 0 bridgehead atoms. The van der Waals surface area contributed by atoms with Crippen LogP contribution in [0.1, 0.15) is 12.6 Å². The SMILES string of the molecule is COCCN(c1ccc(Br)c(C)n1)C(C)COC. The van der Waals surface area contributed by atoms with Gasteiger partial charge in [0.25, 0.3) is 0 Å². The van der Waals surface area contributed by atoms with Crippen molar-refractivity contribution in [3.05, 3.63) is 22.3 Å². The van der Waals surface area contributed by atoms with Gasteiger partial charge in [-0.3, -0.25) is 0 Å². The summed E-state index contributed by atoms with van der Waals surface area (Å²) in [5.74, 6) is 0.956. The zero-order valence-electron chi connectivity index (χ0n) is 11.4. The number of pyridine rings is 1. The molecule has 0 fully saturated rings. The van der Waals surface area contributed by atoms with Crippen molar-refractivity contribution in [1.82, 2.24) is 4.98 Å². The number of aryl methyl sites for hydroxylation is 1. The van der Waals surface area contributed by atoms with Crippen LogP contribution in [0.5, 0.6) is 0 Å². The molecular formula is C13H21BrN2O2. The lowest BCUT2D eigenvalue weighted by atomic mass is 10.2. The smallest absolute Gasteiger partial charge is 0.129 e. The van der Waals surface area contributed by atoms with Crippen LogP contribution >= 0.6 is 15.9 Å². The van der Waals surface area contributed by atoms with Crippen molar-refractivity contribution in [3.63, 3.8) is 0 Å². The zero-order valence-corrected chi connectivity index (χ0v) is 13.0. The number of hydrogen-bond donors (Lipinski definition) is 0. The third-order valence-electron chi connectivity index (χ3n) is 2.78. The highest BCUT2D eigenvalue weighted by atomic mass is 79.9. The van der Waals surface area contributed by atoms with Crippen LogP contribution in [0.2, 0.25) is 0 Å².